The maximum Gasteiger partial charge on any atom is 0.254 e. The second-order valence-corrected chi connectivity index (χ2v) is 6.35. The molecule has 19 heavy (non-hydrogen) atoms. The van der Waals surface area contributed by atoms with E-state index in [0.29, 0.717) is 21.8 Å². The zero-order chi connectivity index (χ0) is 14.0. The second-order valence-electron chi connectivity index (χ2n) is 4.00. The molecule has 0 saturated carbocycles. The molecule has 0 N–H and O–H groups in total. The number of hydrogen-bond acceptors (Lipinski definition) is 2. The van der Waals surface area contributed by atoms with E-state index in [1.807, 2.05) is 12.1 Å². The maximum absolute atomic E-state index is 12.2. The van der Waals surface area contributed by atoms with Crippen LogP contribution >= 0.6 is 50.1 Å². The van der Waals surface area contributed by atoms with E-state index in [2.05, 4.69) is 38.5 Å². The van der Waals surface area contributed by atoms with E-state index in [4.69, 9.17) is 16.0 Å². The molecule has 2 aromatic rings. The van der Waals surface area contributed by atoms with Crippen LogP contribution in [0.3, 0.4) is 0 Å². The molecule has 0 unspecified atom stereocenters. The molecule has 0 aliphatic carbocycles. The SMILES string of the molecule is CN(Cc1ccc(Br)o1)C(=O)c1ccc(I)c(Cl)c1. The number of carbonyl (C=O) groups is 1. The summed E-state index contributed by atoms with van der Waals surface area (Å²) in [7, 11) is 1.73. The van der Waals surface area contributed by atoms with Crippen LogP contribution in [0, 0.1) is 3.57 Å². The minimum absolute atomic E-state index is 0.0918. The van der Waals surface area contributed by atoms with E-state index in [0.717, 1.165) is 9.33 Å². The Morgan fingerprint density at radius 2 is 2.16 bits per heavy atom. The number of furan rings is 1. The van der Waals surface area contributed by atoms with Crippen LogP contribution in [-0.2, 0) is 6.54 Å². The highest BCUT2D eigenvalue weighted by Gasteiger charge is 2.14. The fourth-order valence-electron chi connectivity index (χ4n) is 1.59. The molecule has 3 nitrogen and oxygen atoms in total. The third-order valence-electron chi connectivity index (χ3n) is 2.54. The fourth-order valence-corrected chi connectivity index (χ4v) is 2.45. The van der Waals surface area contributed by atoms with E-state index >= 15 is 0 Å². The third-order valence-corrected chi connectivity index (χ3v) is 4.53. The van der Waals surface area contributed by atoms with Crippen LogP contribution in [0.25, 0.3) is 0 Å². The van der Waals surface area contributed by atoms with Gasteiger partial charge in [0.2, 0.25) is 0 Å². The summed E-state index contributed by atoms with van der Waals surface area (Å²) in [5.74, 6) is 0.630. The molecule has 0 fully saturated rings. The first-order valence-corrected chi connectivity index (χ1v) is 7.67. The van der Waals surface area contributed by atoms with Crippen molar-refractivity contribution >= 4 is 56.0 Å². The van der Waals surface area contributed by atoms with Gasteiger partial charge in [-0.2, -0.15) is 0 Å². The summed E-state index contributed by atoms with van der Waals surface area (Å²) < 4.78 is 6.96. The summed E-state index contributed by atoms with van der Waals surface area (Å²) in [4.78, 5) is 13.8. The Labute approximate surface area is 138 Å². The van der Waals surface area contributed by atoms with Crippen LogP contribution in [0.5, 0.6) is 0 Å². The molecule has 1 aromatic carbocycles. The van der Waals surface area contributed by atoms with Crippen LogP contribution in [0.1, 0.15) is 16.1 Å². The second kappa shape index (κ2) is 6.28. The van der Waals surface area contributed by atoms with E-state index in [9.17, 15) is 4.79 Å². The Balaban J connectivity index is 2.12. The van der Waals surface area contributed by atoms with Gasteiger partial charge in [-0.05, 0) is 68.9 Å². The van der Waals surface area contributed by atoms with Crippen LogP contribution in [0.4, 0.5) is 0 Å². The first-order chi connectivity index (χ1) is 8.97. The predicted octanol–water partition coefficient (Wildman–Crippen LogP) is 4.57. The number of rotatable bonds is 3. The van der Waals surface area contributed by atoms with Crippen LogP contribution in [-0.4, -0.2) is 17.9 Å². The summed E-state index contributed by atoms with van der Waals surface area (Å²) in [5.41, 5.74) is 0.568. The standard InChI is InChI=1S/C13H10BrClINO2/c1-17(7-9-3-5-12(14)19-9)13(18)8-2-4-11(16)10(15)6-8/h2-6H,7H2,1H3. The smallest absolute Gasteiger partial charge is 0.254 e. The molecule has 0 bridgehead atoms. The van der Waals surface area contributed by atoms with Crippen LogP contribution in [0.15, 0.2) is 39.4 Å². The Bertz CT molecular complexity index is 614. The van der Waals surface area contributed by atoms with Gasteiger partial charge >= 0.3 is 0 Å². The summed E-state index contributed by atoms with van der Waals surface area (Å²) in [6, 6.07) is 8.91. The lowest BCUT2D eigenvalue weighted by atomic mass is 10.2. The number of halogens is 3. The number of benzene rings is 1. The Morgan fingerprint density at radius 3 is 2.74 bits per heavy atom. The average Bonchev–Trinajstić information content (AvgIpc) is 2.77. The van der Waals surface area contributed by atoms with E-state index in [-0.39, 0.29) is 5.91 Å². The van der Waals surface area contributed by atoms with Crippen molar-refractivity contribution in [2.24, 2.45) is 0 Å². The lowest BCUT2D eigenvalue weighted by Crippen LogP contribution is -2.26. The molecular weight excluding hydrogens is 444 g/mol. The largest absolute Gasteiger partial charge is 0.452 e. The average molecular weight is 454 g/mol. The minimum atomic E-state index is -0.0918. The van der Waals surface area contributed by atoms with Crippen molar-refractivity contribution in [2.75, 3.05) is 7.05 Å². The van der Waals surface area contributed by atoms with Gasteiger partial charge in [0.1, 0.15) is 5.76 Å². The molecule has 6 heteroatoms. The number of nitrogens with zero attached hydrogens (tertiary/aromatic N) is 1. The van der Waals surface area contributed by atoms with E-state index in [1.165, 1.54) is 0 Å². The van der Waals surface area contributed by atoms with Crippen molar-refractivity contribution in [2.45, 2.75) is 6.54 Å². The monoisotopic (exact) mass is 453 g/mol. The lowest BCUT2D eigenvalue weighted by Gasteiger charge is -2.16. The molecule has 100 valence electrons. The van der Waals surface area contributed by atoms with Crippen molar-refractivity contribution in [3.63, 3.8) is 0 Å². The van der Waals surface area contributed by atoms with E-state index in [1.54, 1.807) is 30.1 Å². The summed E-state index contributed by atoms with van der Waals surface area (Å²) >= 11 is 11.4. The highest BCUT2D eigenvalue weighted by atomic mass is 127. The Hall–Kier alpha value is -0.530. The molecule has 0 atom stereocenters. The Kier molecular flexibility index (Phi) is 4.92. The first-order valence-electron chi connectivity index (χ1n) is 5.42. The summed E-state index contributed by atoms with van der Waals surface area (Å²) in [6.45, 7) is 0.411. The summed E-state index contributed by atoms with van der Waals surface area (Å²) in [6.07, 6.45) is 0. The molecule has 0 radical (unpaired) electrons. The van der Waals surface area contributed by atoms with Gasteiger partial charge in [0.15, 0.2) is 4.67 Å². The minimum Gasteiger partial charge on any atom is -0.452 e. The van der Waals surface area contributed by atoms with Gasteiger partial charge in [-0.15, -0.1) is 0 Å². The zero-order valence-electron chi connectivity index (χ0n) is 9.99. The van der Waals surface area contributed by atoms with Crippen molar-refractivity contribution in [3.8, 4) is 0 Å². The fraction of sp³-hybridized carbons (Fsp3) is 0.154. The molecule has 0 aliphatic heterocycles. The third kappa shape index (κ3) is 3.73. The first kappa shape index (κ1) is 14.9. The molecule has 0 aliphatic rings. The van der Waals surface area contributed by atoms with Crippen molar-refractivity contribution in [3.05, 3.63) is 54.9 Å². The number of amides is 1. The Morgan fingerprint density at radius 1 is 1.42 bits per heavy atom. The zero-order valence-corrected chi connectivity index (χ0v) is 14.5. The molecule has 1 heterocycles. The molecular formula is C13H10BrClINO2. The molecule has 1 amide bonds. The number of carbonyl (C=O) groups excluding carboxylic acids is 1. The van der Waals surface area contributed by atoms with Crippen molar-refractivity contribution in [1.82, 2.24) is 4.90 Å². The lowest BCUT2D eigenvalue weighted by molar-refractivity contribution is 0.0775. The van der Waals surface area contributed by atoms with Crippen molar-refractivity contribution < 1.29 is 9.21 Å². The maximum atomic E-state index is 12.2. The highest BCUT2D eigenvalue weighted by molar-refractivity contribution is 14.1. The van der Waals surface area contributed by atoms with Gasteiger partial charge in [0.05, 0.1) is 11.6 Å². The van der Waals surface area contributed by atoms with Gasteiger partial charge < -0.3 is 9.32 Å². The van der Waals surface area contributed by atoms with Crippen LogP contribution < -0.4 is 0 Å². The predicted molar refractivity (Wildman–Crippen MR) is 86.4 cm³/mol. The van der Waals surface area contributed by atoms with Crippen LogP contribution in [0.2, 0.25) is 5.02 Å². The van der Waals surface area contributed by atoms with Crippen molar-refractivity contribution in [1.29, 1.82) is 0 Å². The van der Waals surface area contributed by atoms with E-state index < -0.39 is 0 Å². The molecule has 0 spiro atoms. The molecule has 1 aromatic heterocycles. The van der Waals surface area contributed by atoms with Gasteiger partial charge in [0.25, 0.3) is 5.91 Å². The summed E-state index contributed by atoms with van der Waals surface area (Å²) in [5, 5.41) is 0.584. The topological polar surface area (TPSA) is 33.5 Å². The van der Waals surface area contributed by atoms with Gasteiger partial charge in [-0.25, -0.2) is 0 Å². The highest BCUT2D eigenvalue weighted by Crippen LogP contribution is 2.21. The normalized spacial score (nSPS) is 10.5. The number of hydrogen-bond donors (Lipinski definition) is 0. The molecule has 0 saturated heterocycles. The van der Waals surface area contributed by atoms with Gasteiger partial charge in [-0.3, -0.25) is 4.79 Å². The van der Waals surface area contributed by atoms with Gasteiger partial charge in [0, 0.05) is 16.2 Å². The molecule has 2 rings (SSSR count). The quantitative estimate of drug-likeness (QED) is 0.637. The van der Waals surface area contributed by atoms with Gasteiger partial charge in [-0.1, -0.05) is 11.6 Å².